The molecule has 0 fully saturated rings. The standard InChI is InChI=1S/C15H24N2O/c1-5-12(4)10-16-13-7-6-8-14(9-13)17-15(18)11(2)3/h6-9,11-12,16H,5,10H2,1-4H3,(H,17,18). The first-order chi connectivity index (χ1) is 8.52. The molecule has 1 aromatic rings. The van der Waals surface area contributed by atoms with E-state index in [1.165, 1.54) is 0 Å². The van der Waals surface area contributed by atoms with Crippen LogP contribution in [-0.4, -0.2) is 12.5 Å². The van der Waals surface area contributed by atoms with Gasteiger partial charge in [-0.25, -0.2) is 0 Å². The van der Waals surface area contributed by atoms with Crippen molar-refractivity contribution in [3.8, 4) is 0 Å². The fourth-order valence-electron chi connectivity index (χ4n) is 1.43. The highest BCUT2D eigenvalue weighted by molar-refractivity contribution is 5.92. The number of benzene rings is 1. The van der Waals surface area contributed by atoms with Crippen LogP contribution in [0.3, 0.4) is 0 Å². The van der Waals surface area contributed by atoms with E-state index in [9.17, 15) is 4.79 Å². The molecule has 0 aliphatic carbocycles. The molecule has 1 unspecified atom stereocenters. The molecule has 0 saturated carbocycles. The molecule has 0 aromatic heterocycles. The van der Waals surface area contributed by atoms with Crippen molar-refractivity contribution in [2.24, 2.45) is 11.8 Å². The Balaban J connectivity index is 2.59. The van der Waals surface area contributed by atoms with Gasteiger partial charge in [0.15, 0.2) is 0 Å². The summed E-state index contributed by atoms with van der Waals surface area (Å²) < 4.78 is 0. The normalized spacial score (nSPS) is 12.3. The predicted octanol–water partition coefficient (Wildman–Crippen LogP) is 3.74. The lowest BCUT2D eigenvalue weighted by atomic mass is 10.1. The molecular formula is C15H24N2O. The second-order valence-electron chi connectivity index (χ2n) is 5.12. The second-order valence-corrected chi connectivity index (χ2v) is 5.12. The first-order valence-corrected chi connectivity index (χ1v) is 6.67. The van der Waals surface area contributed by atoms with Crippen molar-refractivity contribution in [3.05, 3.63) is 24.3 Å². The maximum absolute atomic E-state index is 11.6. The van der Waals surface area contributed by atoms with E-state index < -0.39 is 0 Å². The number of rotatable bonds is 6. The van der Waals surface area contributed by atoms with Gasteiger partial charge in [-0.1, -0.05) is 40.2 Å². The maximum Gasteiger partial charge on any atom is 0.226 e. The quantitative estimate of drug-likeness (QED) is 0.805. The Morgan fingerprint density at radius 1 is 1.22 bits per heavy atom. The molecule has 0 saturated heterocycles. The monoisotopic (exact) mass is 248 g/mol. The van der Waals surface area contributed by atoms with Gasteiger partial charge in [-0.2, -0.15) is 0 Å². The molecular weight excluding hydrogens is 224 g/mol. The molecule has 1 aromatic carbocycles. The highest BCUT2D eigenvalue weighted by Crippen LogP contribution is 2.16. The Hall–Kier alpha value is -1.51. The van der Waals surface area contributed by atoms with E-state index in [-0.39, 0.29) is 11.8 Å². The van der Waals surface area contributed by atoms with Crippen LogP contribution in [0, 0.1) is 11.8 Å². The molecule has 1 atom stereocenters. The summed E-state index contributed by atoms with van der Waals surface area (Å²) in [5.74, 6) is 0.703. The number of anilines is 2. The van der Waals surface area contributed by atoms with E-state index >= 15 is 0 Å². The number of hydrogen-bond acceptors (Lipinski definition) is 2. The van der Waals surface area contributed by atoms with Crippen LogP contribution in [0.2, 0.25) is 0 Å². The molecule has 3 nitrogen and oxygen atoms in total. The largest absolute Gasteiger partial charge is 0.385 e. The lowest BCUT2D eigenvalue weighted by molar-refractivity contribution is -0.118. The fourth-order valence-corrected chi connectivity index (χ4v) is 1.43. The fraction of sp³-hybridized carbons (Fsp3) is 0.533. The summed E-state index contributed by atoms with van der Waals surface area (Å²) in [4.78, 5) is 11.6. The SMILES string of the molecule is CCC(C)CNc1cccc(NC(=O)C(C)C)c1. The van der Waals surface area contributed by atoms with Crippen LogP contribution >= 0.6 is 0 Å². The van der Waals surface area contributed by atoms with Gasteiger partial charge in [0.1, 0.15) is 0 Å². The summed E-state index contributed by atoms with van der Waals surface area (Å²) in [6, 6.07) is 7.86. The molecule has 3 heteroatoms. The molecule has 0 aliphatic heterocycles. The summed E-state index contributed by atoms with van der Waals surface area (Å²) in [6.07, 6.45) is 1.16. The molecule has 18 heavy (non-hydrogen) atoms. The number of hydrogen-bond donors (Lipinski definition) is 2. The number of carbonyl (C=O) groups is 1. The van der Waals surface area contributed by atoms with Gasteiger partial charge in [0.2, 0.25) is 5.91 Å². The molecule has 0 aliphatic rings. The van der Waals surface area contributed by atoms with Crippen LogP contribution < -0.4 is 10.6 Å². The third-order valence-electron chi connectivity index (χ3n) is 3.01. The van der Waals surface area contributed by atoms with E-state index in [2.05, 4.69) is 24.5 Å². The lowest BCUT2D eigenvalue weighted by Crippen LogP contribution is -2.18. The molecule has 2 N–H and O–H groups in total. The first-order valence-electron chi connectivity index (χ1n) is 6.67. The molecule has 1 rings (SSSR count). The smallest absolute Gasteiger partial charge is 0.226 e. The van der Waals surface area contributed by atoms with E-state index in [1.54, 1.807) is 0 Å². The van der Waals surface area contributed by atoms with Gasteiger partial charge >= 0.3 is 0 Å². The van der Waals surface area contributed by atoms with Crippen molar-refractivity contribution in [3.63, 3.8) is 0 Å². The van der Waals surface area contributed by atoms with Gasteiger partial charge in [-0.05, 0) is 24.1 Å². The van der Waals surface area contributed by atoms with Crippen molar-refractivity contribution >= 4 is 17.3 Å². The van der Waals surface area contributed by atoms with E-state index in [0.29, 0.717) is 5.92 Å². The highest BCUT2D eigenvalue weighted by atomic mass is 16.1. The summed E-state index contributed by atoms with van der Waals surface area (Å²) in [6.45, 7) is 9.14. The van der Waals surface area contributed by atoms with Gasteiger partial charge in [0.05, 0.1) is 0 Å². The molecule has 0 spiro atoms. The van der Waals surface area contributed by atoms with Crippen LogP contribution in [0.5, 0.6) is 0 Å². The van der Waals surface area contributed by atoms with Gasteiger partial charge < -0.3 is 10.6 Å². The summed E-state index contributed by atoms with van der Waals surface area (Å²) in [5, 5.41) is 6.29. The Morgan fingerprint density at radius 2 is 1.89 bits per heavy atom. The second kappa shape index (κ2) is 7.04. The Morgan fingerprint density at radius 3 is 2.50 bits per heavy atom. The van der Waals surface area contributed by atoms with Crippen LogP contribution in [0.4, 0.5) is 11.4 Å². The predicted molar refractivity (Wildman–Crippen MR) is 77.9 cm³/mol. The summed E-state index contributed by atoms with van der Waals surface area (Å²) in [5.41, 5.74) is 1.90. The topological polar surface area (TPSA) is 41.1 Å². The zero-order valence-corrected chi connectivity index (χ0v) is 11.8. The molecule has 1 amide bonds. The van der Waals surface area contributed by atoms with Crippen molar-refractivity contribution in [1.29, 1.82) is 0 Å². The Labute approximate surface area is 110 Å². The minimum absolute atomic E-state index is 0.00160. The van der Waals surface area contributed by atoms with Crippen molar-refractivity contribution in [2.45, 2.75) is 34.1 Å². The van der Waals surface area contributed by atoms with Crippen LogP contribution in [-0.2, 0) is 4.79 Å². The zero-order chi connectivity index (χ0) is 13.5. The van der Waals surface area contributed by atoms with Gasteiger partial charge in [-0.15, -0.1) is 0 Å². The number of carbonyl (C=O) groups excluding carboxylic acids is 1. The van der Waals surface area contributed by atoms with Gasteiger partial charge in [-0.3, -0.25) is 4.79 Å². The summed E-state index contributed by atoms with van der Waals surface area (Å²) in [7, 11) is 0. The zero-order valence-electron chi connectivity index (χ0n) is 11.8. The average Bonchev–Trinajstić information content (AvgIpc) is 2.36. The number of nitrogens with one attached hydrogen (secondary N) is 2. The van der Waals surface area contributed by atoms with E-state index in [0.717, 1.165) is 24.3 Å². The maximum atomic E-state index is 11.6. The van der Waals surface area contributed by atoms with E-state index in [1.807, 2.05) is 38.1 Å². The van der Waals surface area contributed by atoms with Crippen LogP contribution in [0.25, 0.3) is 0 Å². The lowest BCUT2D eigenvalue weighted by Gasteiger charge is -2.13. The van der Waals surface area contributed by atoms with Crippen LogP contribution in [0.15, 0.2) is 24.3 Å². The van der Waals surface area contributed by atoms with E-state index in [4.69, 9.17) is 0 Å². The van der Waals surface area contributed by atoms with Crippen molar-refractivity contribution < 1.29 is 4.79 Å². The van der Waals surface area contributed by atoms with Gasteiger partial charge in [0, 0.05) is 23.8 Å². The van der Waals surface area contributed by atoms with Crippen LogP contribution in [0.1, 0.15) is 34.1 Å². The van der Waals surface area contributed by atoms with Crippen molar-refractivity contribution in [2.75, 3.05) is 17.2 Å². The molecule has 0 heterocycles. The minimum atomic E-state index is 0.00160. The first kappa shape index (κ1) is 14.6. The number of amides is 1. The average molecular weight is 248 g/mol. The minimum Gasteiger partial charge on any atom is -0.385 e. The summed E-state index contributed by atoms with van der Waals surface area (Å²) >= 11 is 0. The molecule has 100 valence electrons. The molecule has 0 radical (unpaired) electrons. The Kier molecular flexibility index (Phi) is 5.69. The van der Waals surface area contributed by atoms with Crippen molar-refractivity contribution in [1.82, 2.24) is 0 Å². The Bertz CT molecular complexity index is 388. The van der Waals surface area contributed by atoms with Gasteiger partial charge in [0.25, 0.3) is 0 Å². The highest BCUT2D eigenvalue weighted by Gasteiger charge is 2.07. The third kappa shape index (κ3) is 4.78. The third-order valence-corrected chi connectivity index (χ3v) is 3.01. The molecule has 0 bridgehead atoms.